The predicted molar refractivity (Wildman–Crippen MR) is 85.7 cm³/mol. The Balaban J connectivity index is 2.83. The topological polar surface area (TPSA) is 15.3 Å². The third kappa shape index (κ3) is 5.91. The van der Waals surface area contributed by atoms with Gasteiger partial charge in [-0.15, -0.1) is 0 Å². The summed E-state index contributed by atoms with van der Waals surface area (Å²) in [6.45, 7) is 13.6. The van der Waals surface area contributed by atoms with Crippen molar-refractivity contribution in [2.45, 2.75) is 41.2 Å². The Morgan fingerprint density at radius 3 is 2.45 bits per heavy atom. The van der Waals surface area contributed by atoms with Crippen LogP contribution in [0.1, 0.15) is 40.2 Å². The van der Waals surface area contributed by atoms with Crippen LogP contribution in [0.4, 0.5) is 10.1 Å². The van der Waals surface area contributed by atoms with Crippen LogP contribution >= 0.6 is 0 Å². The lowest BCUT2D eigenvalue weighted by molar-refractivity contribution is 0.418. The smallest absolute Gasteiger partial charge is 0.123 e. The number of hydrogen-bond donors (Lipinski definition) is 1. The molecular weight excluding hydrogens is 251 g/mol. The minimum atomic E-state index is -0.167. The van der Waals surface area contributed by atoms with Gasteiger partial charge in [0.05, 0.1) is 0 Å². The van der Waals surface area contributed by atoms with Crippen LogP contribution in [-0.4, -0.2) is 20.1 Å². The van der Waals surface area contributed by atoms with Gasteiger partial charge in [-0.2, -0.15) is 0 Å². The Morgan fingerprint density at radius 1 is 1.25 bits per heavy atom. The number of anilines is 1. The molecule has 1 rings (SSSR count). The van der Waals surface area contributed by atoms with E-state index >= 15 is 0 Å². The first-order valence-electron chi connectivity index (χ1n) is 7.39. The van der Waals surface area contributed by atoms with Gasteiger partial charge in [-0.1, -0.05) is 34.6 Å². The Bertz CT molecular complexity index is 421. The van der Waals surface area contributed by atoms with Gasteiger partial charge in [0, 0.05) is 25.8 Å². The Morgan fingerprint density at radius 2 is 1.90 bits per heavy atom. The third-order valence-electron chi connectivity index (χ3n) is 3.03. The van der Waals surface area contributed by atoms with Crippen molar-refractivity contribution in [1.29, 1.82) is 0 Å². The molecule has 0 aromatic heterocycles. The average molecular weight is 280 g/mol. The molecule has 0 saturated carbocycles. The first-order chi connectivity index (χ1) is 9.19. The summed E-state index contributed by atoms with van der Waals surface area (Å²) in [7, 11) is 2.07. The summed E-state index contributed by atoms with van der Waals surface area (Å²) in [5.74, 6) is 0.429. The van der Waals surface area contributed by atoms with Gasteiger partial charge in [0.15, 0.2) is 0 Å². The second-order valence-corrected chi connectivity index (χ2v) is 7.21. The van der Waals surface area contributed by atoms with Crippen molar-refractivity contribution in [1.82, 2.24) is 5.32 Å². The fraction of sp³-hybridized carbons (Fsp3) is 0.647. The molecule has 0 saturated heterocycles. The SMILES string of the molecule is CC(C)CNCc1cc(F)ccc1N(C)CC(C)(C)C. The van der Waals surface area contributed by atoms with Crippen LogP contribution < -0.4 is 10.2 Å². The van der Waals surface area contributed by atoms with Crippen LogP contribution in [0.25, 0.3) is 0 Å². The van der Waals surface area contributed by atoms with E-state index in [-0.39, 0.29) is 11.2 Å². The summed E-state index contributed by atoms with van der Waals surface area (Å²) in [4.78, 5) is 2.21. The fourth-order valence-corrected chi connectivity index (χ4v) is 2.36. The van der Waals surface area contributed by atoms with E-state index in [1.165, 1.54) is 0 Å². The summed E-state index contributed by atoms with van der Waals surface area (Å²) < 4.78 is 13.5. The Kier molecular flexibility index (Phi) is 6.00. The largest absolute Gasteiger partial charge is 0.374 e. The van der Waals surface area contributed by atoms with Gasteiger partial charge in [-0.25, -0.2) is 4.39 Å². The maximum Gasteiger partial charge on any atom is 0.123 e. The number of halogens is 1. The molecule has 0 amide bonds. The number of nitrogens with zero attached hydrogens (tertiary/aromatic N) is 1. The first kappa shape index (κ1) is 17.0. The summed E-state index contributed by atoms with van der Waals surface area (Å²) >= 11 is 0. The number of rotatable bonds is 6. The second-order valence-electron chi connectivity index (χ2n) is 7.21. The molecule has 114 valence electrons. The van der Waals surface area contributed by atoms with Crippen molar-refractivity contribution in [3.05, 3.63) is 29.6 Å². The highest BCUT2D eigenvalue weighted by molar-refractivity contribution is 5.53. The molecule has 0 aliphatic carbocycles. The quantitative estimate of drug-likeness (QED) is 0.845. The van der Waals surface area contributed by atoms with E-state index in [1.807, 2.05) is 6.07 Å². The van der Waals surface area contributed by atoms with Gasteiger partial charge in [-0.3, -0.25) is 0 Å². The summed E-state index contributed by atoms with van der Waals surface area (Å²) in [6.07, 6.45) is 0. The van der Waals surface area contributed by atoms with Gasteiger partial charge in [0.2, 0.25) is 0 Å². The summed E-state index contributed by atoms with van der Waals surface area (Å²) in [6, 6.07) is 5.07. The predicted octanol–water partition coefficient (Wildman–Crippen LogP) is 4.05. The average Bonchev–Trinajstić information content (AvgIpc) is 2.25. The van der Waals surface area contributed by atoms with Crippen molar-refractivity contribution in [2.24, 2.45) is 11.3 Å². The highest BCUT2D eigenvalue weighted by atomic mass is 19.1. The molecular formula is C17H29FN2. The highest BCUT2D eigenvalue weighted by Gasteiger charge is 2.16. The normalized spacial score (nSPS) is 12.0. The lowest BCUT2D eigenvalue weighted by Crippen LogP contribution is -2.30. The molecule has 3 heteroatoms. The van der Waals surface area contributed by atoms with Crippen molar-refractivity contribution in [3.8, 4) is 0 Å². The van der Waals surface area contributed by atoms with Crippen LogP contribution in [0.5, 0.6) is 0 Å². The summed E-state index contributed by atoms with van der Waals surface area (Å²) in [5, 5.41) is 3.39. The molecule has 0 radical (unpaired) electrons. The maximum atomic E-state index is 13.5. The summed E-state index contributed by atoms with van der Waals surface area (Å²) in [5.41, 5.74) is 2.35. The van der Waals surface area contributed by atoms with Crippen LogP contribution in [-0.2, 0) is 6.54 Å². The Labute approximate surface area is 123 Å². The van der Waals surface area contributed by atoms with Gasteiger partial charge in [0.25, 0.3) is 0 Å². The van der Waals surface area contributed by atoms with Crippen molar-refractivity contribution in [2.75, 3.05) is 25.0 Å². The van der Waals surface area contributed by atoms with E-state index in [9.17, 15) is 4.39 Å². The minimum Gasteiger partial charge on any atom is -0.374 e. The zero-order valence-corrected chi connectivity index (χ0v) is 13.8. The molecule has 2 nitrogen and oxygen atoms in total. The molecule has 20 heavy (non-hydrogen) atoms. The minimum absolute atomic E-state index is 0.167. The Hall–Kier alpha value is -1.09. The van der Waals surface area contributed by atoms with Crippen molar-refractivity contribution in [3.63, 3.8) is 0 Å². The number of nitrogens with one attached hydrogen (secondary N) is 1. The molecule has 0 spiro atoms. The van der Waals surface area contributed by atoms with Gasteiger partial charge in [0.1, 0.15) is 5.82 Å². The van der Waals surface area contributed by atoms with Gasteiger partial charge >= 0.3 is 0 Å². The maximum absolute atomic E-state index is 13.5. The van der Waals surface area contributed by atoms with Crippen molar-refractivity contribution >= 4 is 5.69 Å². The standard InChI is InChI=1S/C17H29FN2/c1-13(2)10-19-11-14-9-15(18)7-8-16(14)20(6)12-17(3,4)5/h7-9,13,19H,10-12H2,1-6H3. The molecule has 0 unspecified atom stereocenters. The van der Waals surface area contributed by atoms with Crippen LogP contribution in [0, 0.1) is 17.2 Å². The molecule has 1 aromatic rings. The fourth-order valence-electron chi connectivity index (χ4n) is 2.36. The zero-order chi connectivity index (χ0) is 15.3. The van der Waals surface area contributed by atoms with E-state index < -0.39 is 0 Å². The number of benzene rings is 1. The lowest BCUT2D eigenvalue weighted by atomic mass is 9.95. The highest BCUT2D eigenvalue weighted by Crippen LogP contribution is 2.24. The molecule has 0 fully saturated rings. The van der Waals surface area contributed by atoms with Gasteiger partial charge < -0.3 is 10.2 Å². The monoisotopic (exact) mass is 280 g/mol. The first-order valence-corrected chi connectivity index (χ1v) is 7.39. The van der Waals surface area contributed by atoms with Crippen LogP contribution in [0.3, 0.4) is 0 Å². The van der Waals surface area contributed by atoms with E-state index in [4.69, 9.17) is 0 Å². The van der Waals surface area contributed by atoms with E-state index in [0.717, 1.165) is 24.3 Å². The van der Waals surface area contributed by atoms with E-state index in [0.29, 0.717) is 12.5 Å². The van der Waals surface area contributed by atoms with Crippen molar-refractivity contribution < 1.29 is 4.39 Å². The van der Waals surface area contributed by atoms with Gasteiger partial charge in [-0.05, 0) is 41.6 Å². The molecule has 0 heterocycles. The lowest BCUT2D eigenvalue weighted by Gasteiger charge is -2.30. The third-order valence-corrected chi connectivity index (χ3v) is 3.03. The second kappa shape index (κ2) is 7.07. The molecule has 0 aliphatic heterocycles. The van der Waals surface area contributed by atoms with Crippen LogP contribution in [0.2, 0.25) is 0 Å². The molecule has 0 atom stereocenters. The number of hydrogen-bond acceptors (Lipinski definition) is 2. The van der Waals surface area contributed by atoms with E-state index in [2.05, 4.69) is 51.9 Å². The zero-order valence-electron chi connectivity index (χ0n) is 13.8. The van der Waals surface area contributed by atoms with E-state index in [1.54, 1.807) is 12.1 Å². The molecule has 1 aromatic carbocycles. The molecule has 1 N–H and O–H groups in total. The molecule has 0 aliphatic rings. The van der Waals surface area contributed by atoms with Crippen LogP contribution in [0.15, 0.2) is 18.2 Å². The molecule has 0 bridgehead atoms.